The molecule has 1 aromatic rings. The van der Waals surface area contributed by atoms with Crippen LogP contribution in [-0.2, 0) is 9.59 Å². The molecule has 3 rings (SSSR count). The fraction of sp³-hybridized carbons (Fsp3) is 0.333. The molecule has 114 valence electrons. The highest BCUT2D eigenvalue weighted by atomic mass is 16.5. The van der Waals surface area contributed by atoms with Gasteiger partial charge in [0.1, 0.15) is 24.7 Å². The molecule has 2 aliphatic heterocycles. The van der Waals surface area contributed by atoms with Gasteiger partial charge < -0.3 is 9.64 Å². The van der Waals surface area contributed by atoms with Gasteiger partial charge in [-0.3, -0.25) is 24.5 Å². The molecular formula is C15H14N2O5. The first-order valence-corrected chi connectivity index (χ1v) is 6.97. The lowest BCUT2D eigenvalue weighted by Gasteiger charge is -2.31. The van der Waals surface area contributed by atoms with E-state index in [2.05, 4.69) is 5.32 Å². The number of rotatable bonds is 2. The number of piperidine rings is 1. The summed E-state index contributed by atoms with van der Waals surface area (Å²) in [6.45, 7) is 0.493. The van der Waals surface area contributed by atoms with Gasteiger partial charge in [0.05, 0.1) is 12.1 Å². The van der Waals surface area contributed by atoms with Crippen LogP contribution >= 0.6 is 0 Å². The molecule has 0 radical (unpaired) electrons. The number of carbonyl (C=O) groups excluding carboxylic acids is 4. The number of hydrogen-bond acceptors (Lipinski definition) is 5. The summed E-state index contributed by atoms with van der Waals surface area (Å²) in [5.74, 6) is -0.779. The highest BCUT2D eigenvalue weighted by molar-refractivity contribution is 6.05. The SMILES string of the molecule is O=Cc1ccc2c(c1)C(=O)N(C1CCC(=O)NC1=O)CCO2. The fourth-order valence-electron chi connectivity index (χ4n) is 2.70. The molecule has 0 saturated carbocycles. The Morgan fingerprint density at radius 2 is 2.09 bits per heavy atom. The summed E-state index contributed by atoms with van der Waals surface area (Å²) in [7, 11) is 0. The van der Waals surface area contributed by atoms with E-state index in [0.29, 0.717) is 24.0 Å². The van der Waals surface area contributed by atoms with Crippen molar-refractivity contribution in [3.8, 4) is 5.75 Å². The average molecular weight is 302 g/mol. The first-order chi connectivity index (χ1) is 10.6. The molecule has 7 heteroatoms. The Balaban J connectivity index is 1.93. The van der Waals surface area contributed by atoms with E-state index in [-0.39, 0.29) is 37.0 Å². The molecule has 1 atom stereocenters. The predicted octanol–water partition coefficient (Wildman–Crippen LogP) is 0.139. The molecule has 0 spiro atoms. The topological polar surface area (TPSA) is 92.8 Å². The highest BCUT2D eigenvalue weighted by Gasteiger charge is 2.36. The number of benzene rings is 1. The standard InChI is InChI=1S/C15H14N2O5/c18-8-9-1-3-12-10(7-9)15(21)17(5-6-22-12)11-2-4-13(19)16-14(11)20/h1,3,7-8,11H,2,4-6H2,(H,16,19,20). The van der Waals surface area contributed by atoms with Crippen LogP contribution in [0.2, 0.25) is 0 Å². The average Bonchev–Trinajstić information content (AvgIpc) is 2.67. The van der Waals surface area contributed by atoms with Crippen molar-refractivity contribution < 1.29 is 23.9 Å². The summed E-state index contributed by atoms with van der Waals surface area (Å²) in [6, 6.07) is 3.90. The smallest absolute Gasteiger partial charge is 0.258 e. The van der Waals surface area contributed by atoms with Crippen LogP contribution in [0.1, 0.15) is 33.6 Å². The van der Waals surface area contributed by atoms with E-state index in [4.69, 9.17) is 4.74 Å². The number of amides is 3. The van der Waals surface area contributed by atoms with Crippen LogP contribution in [0.25, 0.3) is 0 Å². The third kappa shape index (κ3) is 2.45. The molecule has 0 aromatic heterocycles. The van der Waals surface area contributed by atoms with E-state index in [1.54, 1.807) is 12.1 Å². The second kappa shape index (κ2) is 5.59. The van der Waals surface area contributed by atoms with E-state index in [9.17, 15) is 19.2 Å². The number of fused-ring (bicyclic) bond motifs is 1. The van der Waals surface area contributed by atoms with E-state index >= 15 is 0 Å². The van der Waals surface area contributed by atoms with Gasteiger partial charge in [-0.25, -0.2) is 0 Å². The van der Waals surface area contributed by atoms with Crippen LogP contribution in [0.15, 0.2) is 18.2 Å². The number of ether oxygens (including phenoxy) is 1. The van der Waals surface area contributed by atoms with E-state index < -0.39 is 11.9 Å². The maximum Gasteiger partial charge on any atom is 0.258 e. The lowest BCUT2D eigenvalue weighted by molar-refractivity contribution is -0.136. The van der Waals surface area contributed by atoms with Crippen molar-refractivity contribution in [2.24, 2.45) is 0 Å². The molecule has 0 aliphatic carbocycles. The minimum atomic E-state index is -0.695. The van der Waals surface area contributed by atoms with Crippen LogP contribution in [0.5, 0.6) is 5.75 Å². The summed E-state index contributed by atoms with van der Waals surface area (Å²) >= 11 is 0. The third-order valence-electron chi connectivity index (χ3n) is 3.81. The second-order valence-corrected chi connectivity index (χ2v) is 5.19. The van der Waals surface area contributed by atoms with Gasteiger partial charge in [0.15, 0.2) is 0 Å². The van der Waals surface area contributed by atoms with Gasteiger partial charge in [-0.05, 0) is 24.6 Å². The first-order valence-electron chi connectivity index (χ1n) is 6.97. The molecule has 3 amide bonds. The molecule has 7 nitrogen and oxygen atoms in total. The molecule has 1 N–H and O–H groups in total. The fourth-order valence-corrected chi connectivity index (χ4v) is 2.70. The zero-order valence-electron chi connectivity index (χ0n) is 11.7. The minimum absolute atomic E-state index is 0.197. The molecule has 1 fully saturated rings. The normalized spacial score (nSPS) is 21.5. The van der Waals surface area contributed by atoms with Crippen LogP contribution in [-0.4, -0.2) is 48.1 Å². The largest absolute Gasteiger partial charge is 0.491 e. The Kier molecular flexibility index (Phi) is 3.62. The summed E-state index contributed by atoms with van der Waals surface area (Å²) in [5.41, 5.74) is 0.618. The van der Waals surface area contributed by atoms with Crippen molar-refractivity contribution in [2.75, 3.05) is 13.2 Å². The molecule has 22 heavy (non-hydrogen) atoms. The Morgan fingerprint density at radius 3 is 2.82 bits per heavy atom. The monoisotopic (exact) mass is 302 g/mol. The quantitative estimate of drug-likeness (QED) is 0.619. The molecule has 1 saturated heterocycles. The minimum Gasteiger partial charge on any atom is -0.491 e. The number of carbonyl (C=O) groups is 4. The Bertz CT molecular complexity index is 670. The van der Waals surface area contributed by atoms with Crippen molar-refractivity contribution in [2.45, 2.75) is 18.9 Å². The lowest BCUT2D eigenvalue weighted by Crippen LogP contribution is -2.54. The van der Waals surface area contributed by atoms with Gasteiger partial charge >= 0.3 is 0 Å². The summed E-state index contributed by atoms with van der Waals surface area (Å²) in [4.78, 5) is 48.2. The van der Waals surface area contributed by atoms with Crippen LogP contribution in [0, 0.1) is 0 Å². The van der Waals surface area contributed by atoms with Crippen LogP contribution < -0.4 is 10.1 Å². The Morgan fingerprint density at radius 1 is 1.27 bits per heavy atom. The zero-order valence-corrected chi connectivity index (χ0v) is 11.7. The number of imide groups is 1. The van der Waals surface area contributed by atoms with Gasteiger partial charge in [0.25, 0.3) is 5.91 Å². The van der Waals surface area contributed by atoms with E-state index in [1.807, 2.05) is 0 Å². The number of nitrogens with zero attached hydrogens (tertiary/aromatic N) is 1. The molecule has 1 aromatic carbocycles. The highest BCUT2D eigenvalue weighted by Crippen LogP contribution is 2.26. The number of aldehydes is 1. The first kappa shape index (κ1) is 14.2. The summed E-state index contributed by atoms with van der Waals surface area (Å²) in [6.07, 6.45) is 1.14. The third-order valence-corrected chi connectivity index (χ3v) is 3.81. The zero-order chi connectivity index (χ0) is 15.7. The maximum atomic E-state index is 12.7. The van der Waals surface area contributed by atoms with Gasteiger partial charge in [-0.1, -0.05) is 0 Å². The Labute approximate surface area is 126 Å². The molecule has 1 unspecified atom stereocenters. The lowest BCUT2D eigenvalue weighted by atomic mass is 10.0. The van der Waals surface area contributed by atoms with E-state index in [1.165, 1.54) is 11.0 Å². The molecule has 2 aliphatic rings. The molecule has 0 bridgehead atoms. The summed E-state index contributed by atoms with van der Waals surface area (Å²) < 4.78 is 5.52. The predicted molar refractivity (Wildman–Crippen MR) is 74.5 cm³/mol. The van der Waals surface area contributed by atoms with Crippen molar-refractivity contribution in [3.05, 3.63) is 29.3 Å². The number of nitrogens with one attached hydrogen (secondary N) is 1. The Hall–Kier alpha value is -2.70. The summed E-state index contributed by atoms with van der Waals surface area (Å²) in [5, 5.41) is 2.25. The second-order valence-electron chi connectivity index (χ2n) is 5.19. The van der Waals surface area contributed by atoms with Crippen molar-refractivity contribution in [3.63, 3.8) is 0 Å². The van der Waals surface area contributed by atoms with Crippen LogP contribution in [0.3, 0.4) is 0 Å². The maximum absolute atomic E-state index is 12.7. The number of hydrogen-bond donors (Lipinski definition) is 1. The van der Waals surface area contributed by atoms with Gasteiger partial charge in [-0.15, -0.1) is 0 Å². The van der Waals surface area contributed by atoms with Gasteiger partial charge in [0.2, 0.25) is 11.8 Å². The molecule has 2 heterocycles. The van der Waals surface area contributed by atoms with Crippen molar-refractivity contribution in [1.29, 1.82) is 0 Å². The van der Waals surface area contributed by atoms with Crippen molar-refractivity contribution >= 4 is 24.0 Å². The van der Waals surface area contributed by atoms with Gasteiger partial charge in [0, 0.05) is 12.0 Å². The van der Waals surface area contributed by atoms with Crippen molar-refractivity contribution in [1.82, 2.24) is 10.2 Å². The molecular weight excluding hydrogens is 288 g/mol. The van der Waals surface area contributed by atoms with Crippen LogP contribution in [0.4, 0.5) is 0 Å². The van der Waals surface area contributed by atoms with Gasteiger partial charge in [-0.2, -0.15) is 0 Å². The van der Waals surface area contributed by atoms with E-state index in [0.717, 1.165) is 0 Å².